The van der Waals surface area contributed by atoms with E-state index in [2.05, 4.69) is 11.1 Å². The molecule has 0 bridgehead atoms. The van der Waals surface area contributed by atoms with Crippen LogP contribution >= 0.6 is 11.6 Å². The van der Waals surface area contributed by atoms with E-state index in [1.165, 1.54) is 0 Å². The van der Waals surface area contributed by atoms with Gasteiger partial charge in [0, 0.05) is 49.5 Å². The van der Waals surface area contributed by atoms with E-state index in [1.807, 2.05) is 36.4 Å². The van der Waals surface area contributed by atoms with Gasteiger partial charge >= 0.3 is 5.97 Å². The number of aliphatic carboxylic acids is 1. The standard InChI is InChI=1S/C26H25ClN2O4/c27-24-20(5-3-17-2-1-13-28-25(17)24)18-4-6-21-19(16-18)9-10-26(33-21)11-14-29(15-12-26)22(30)7-8-23(31)32/h1-6,13,16H,7-12,14-15H2,(H,31,32). The van der Waals surface area contributed by atoms with Crippen molar-refractivity contribution in [1.29, 1.82) is 0 Å². The molecule has 0 radical (unpaired) electrons. The maximum Gasteiger partial charge on any atom is 0.303 e. The van der Waals surface area contributed by atoms with Crippen molar-refractivity contribution in [2.24, 2.45) is 0 Å². The molecule has 3 heterocycles. The van der Waals surface area contributed by atoms with Crippen LogP contribution < -0.4 is 4.74 Å². The van der Waals surface area contributed by atoms with Crippen LogP contribution in [0.3, 0.4) is 0 Å². The number of carboxylic acids is 1. The molecule has 0 unspecified atom stereocenters. The number of benzene rings is 2. The van der Waals surface area contributed by atoms with Crippen LogP contribution in [-0.2, 0) is 16.0 Å². The number of carboxylic acid groups (broad SMARTS) is 1. The smallest absolute Gasteiger partial charge is 0.303 e. The molecular formula is C26H25ClN2O4. The van der Waals surface area contributed by atoms with E-state index < -0.39 is 5.97 Å². The Kier molecular flexibility index (Phi) is 5.71. The van der Waals surface area contributed by atoms with Gasteiger partial charge in [0.1, 0.15) is 11.4 Å². The molecule has 1 N–H and O–H groups in total. The third-order valence-corrected chi connectivity index (χ3v) is 7.22. The summed E-state index contributed by atoms with van der Waals surface area (Å²) in [5, 5.41) is 10.5. The molecule has 2 aliphatic heterocycles. The van der Waals surface area contributed by atoms with Gasteiger partial charge in [-0.2, -0.15) is 0 Å². The van der Waals surface area contributed by atoms with Crippen LogP contribution in [0.5, 0.6) is 5.75 Å². The first-order valence-electron chi connectivity index (χ1n) is 11.3. The molecule has 0 atom stereocenters. The summed E-state index contributed by atoms with van der Waals surface area (Å²) in [6.45, 7) is 1.21. The van der Waals surface area contributed by atoms with Gasteiger partial charge in [-0.3, -0.25) is 14.6 Å². The molecule has 33 heavy (non-hydrogen) atoms. The Balaban J connectivity index is 1.30. The number of pyridine rings is 1. The molecule has 1 aromatic heterocycles. The Hall–Kier alpha value is -3.12. The molecule has 1 spiro atoms. The number of likely N-dealkylation sites (tertiary alicyclic amines) is 1. The van der Waals surface area contributed by atoms with Gasteiger partial charge in [0.15, 0.2) is 0 Å². The molecule has 1 saturated heterocycles. The molecular weight excluding hydrogens is 440 g/mol. The number of carbonyl (C=O) groups excluding carboxylic acids is 1. The largest absolute Gasteiger partial charge is 0.487 e. The Morgan fingerprint density at radius 2 is 1.91 bits per heavy atom. The number of hydrogen-bond donors (Lipinski definition) is 1. The highest BCUT2D eigenvalue weighted by molar-refractivity contribution is 6.37. The zero-order valence-electron chi connectivity index (χ0n) is 18.2. The number of nitrogens with zero attached hydrogens (tertiary/aromatic N) is 2. The number of aryl methyl sites for hydroxylation is 1. The molecule has 3 aromatic rings. The second-order valence-corrected chi connectivity index (χ2v) is 9.26. The van der Waals surface area contributed by atoms with Crippen LogP contribution in [0.2, 0.25) is 5.02 Å². The molecule has 2 aliphatic rings. The predicted molar refractivity (Wildman–Crippen MR) is 127 cm³/mol. The second kappa shape index (κ2) is 8.67. The highest BCUT2D eigenvalue weighted by Gasteiger charge is 2.40. The first-order chi connectivity index (χ1) is 15.9. The van der Waals surface area contributed by atoms with Gasteiger partial charge in [0.2, 0.25) is 5.91 Å². The monoisotopic (exact) mass is 464 g/mol. The van der Waals surface area contributed by atoms with E-state index in [0.717, 1.165) is 59.0 Å². The lowest BCUT2D eigenvalue weighted by atomic mass is 9.82. The molecule has 1 amide bonds. The van der Waals surface area contributed by atoms with E-state index in [1.54, 1.807) is 11.1 Å². The van der Waals surface area contributed by atoms with Gasteiger partial charge in [0.05, 0.1) is 17.0 Å². The quantitative estimate of drug-likeness (QED) is 0.580. The van der Waals surface area contributed by atoms with Crippen LogP contribution in [0.1, 0.15) is 37.7 Å². The lowest BCUT2D eigenvalue weighted by molar-refractivity contribution is -0.142. The fourth-order valence-corrected chi connectivity index (χ4v) is 5.24. The molecule has 2 aromatic carbocycles. The Labute approximate surface area is 197 Å². The number of carbonyl (C=O) groups is 2. The van der Waals surface area contributed by atoms with Crippen molar-refractivity contribution in [2.75, 3.05) is 13.1 Å². The molecule has 7 heteroatoms. The number of halogens is 1. The maximum atomic E-state index is 12.3. The van der Waals surface area contributed by atoms with E-state index in [0.29, 0.717) is 18.1 Å². The fourth-order valence-electron chi connectivity index (χ4n) is 4.91. The topological polar surface area (TPSA) is 79.7 Å². The number of fused-ring (bicyclic) bond motifs is 2. The van der Waals surface area contributed by atoms with Crippen molar-refractivity contribution in [2.45, 2.75) is 44.1 Å². The van der Waals surface area contributed by atoms with E-state index >= 15 is 0 Å². The van der Waals surface area contributed by atoms with Crippen molar-refractivity contribution in [3.63, 3.8) is 0 Å². The summed E-state index contributed by atoms with van der Waals surface area (Å²) in [7, 11) is 0. The Bertz CT molecular complexity index is 1230. The summed E-state index contributed by atoms with van der Waals surface area (Å²) in [5.41, 5.74) is 3.70. The average molecular weight is 465 g/mol. The predicted octanol–water partition coefficient (Wildman–Crippen LogP) is 5.11. The van der Waals surface area contributed by atoms with Crippen LogP contribution in [0.4, 0.5) is 0 Å². The second-order valence-electron chi connectivity index (χ2n) is 8.88. The Morgan fingerprint density at radius 1 is 1.09 bits per heavy atom. The summed E-state index contributed by atoms with van der Waals surface area (Å²) in [6.07, 6.45) is 5.01. The van der Waals surface area contributed by atoms with Gasteiger partial charge in [-0.25, -0.2) is 0 Å². The number of aromatic nitrogens is 1. The molecule has 1 fully saturated rings. The van der Waals surface area contributed by atoms with Gasteiger partial charge < -0.3 is 14.7 Å². The first kappa shape index (κ1) is 21.7. The number of ether oxygens (including phenoxy) is 1. The summed E-state index contributed by atoms with van der Waals surface area (Å²) in [5.74, 6) is -0.134. The number of rotatable bonds is 4. The van der Waals surface area contributed by atoms with Crippen molar-refractivity contribution >= 4 is 34.4 Å². The minimum atomic E-state index is -0.940. The van der Waals surface area contributed by atoms with Crippen LogP contribution in [0.25, 0.3) is 22.0 Å². The zero-order chi connectivity index (χ0) is 23.0. The average Bonchev–Trinajstić information content (AvgIpc) is 2.83. The molecule has 170 valence electrons. The number of piperidine rings is 1. The van der Waals surface area contributed by atoms with E-state index in [9.17, 15) is 9.59 Å². The van der Waals surface area contributed by atoms with Gasteiger partial charge in [-0.15, -0.1) is 0 Å². The van der Waals surface area contributed by atoms with Gasteiger partial charge in [-0.1, -0.05) is 35.9 Å². The van der Waals surface area contributed by atoms with Crippen LogP contribution in [0.15, 0.2) is 48.7 Å². The first-order valence-corrected chi connectivity index (χ1v) is 11.7. The molecule has 0 aliphatic carbocycles. The van der Waals surface area contributed by atoms with E-state index in [-0.39, 0.29) is 24.3 Å². The normalized spacial score (nSPS) is 16.9. The molecule has 6 nitrogen and oxygen atoms in total. The summed E-state index contributed by atoms with van der Waals surface area (Å²) >= 11 is 6.70. The van der Waals surface area contributed by atoms with Crippen molar-refractivity contribution in [1.82, 2.24) is 9.88 Å². The van der Waals surface area contributed by atoms with Gasteiger partial charge in [0.25, 0.3) is 0 Å². The third kappa shape index (κ3) is 4.27. The van der Waals surface area contributed by atoms with Crippen molar-refractivity contribution < 1.29 is 19.4 Å². The third-order valence-electron chi connectivity index (χ3n) is 6.84. The highest BCUT2D eigenvalue weighted by Crippen LogP contribution is 2.42. The Morgan fingerprint density at radius 3 is 2.70 bits per heavy atom. The summed E-state index contributed by atoms with van der Waals surface area (Å²) in [4.78, 5) is 29.2. The number of hydrogen-bond acceptors (Lipinski definition) is 4. The minimum absolute atomic E-state index is 0.0572. The molecule has 0 saturated carbocycles. The van der Waals surface area contributed by atoms with E-state index in [4.69, 9.17) is 21.4 Å². The summed E-state index contributed by atoms with van der Waals surface area (Å²) < 4.78 is 6.50. The van der Waals surface area contributed by atoms with Crippen molar-refractivity contribution in [3.05, 3.63) is 59.2 Å². The lowest BCUT2D eigenvalue weighted by Crippen LogP contribution is -2.51. The maximum absolute atomic E-state index is 12.3. The summed E-state index contributed by atoms with van der Waals surface area (Å²) in [6, 6.07) is 14.2. The zero-order valence-corrected chi connectivity index (χ0v) is 19.0. The highest BCUT2D eigenvalue weighted by atomic mass is 35.5. The van der Waals surface area contributed by atoms with Crippen LogP contribution in [-0.4, -0.2) is 45.6 Å². The minimum Gasteiger partial charge on any atom is -0.487 e. The SMILES string of the molecule is O=C(O)CCC(=O)N1CCC2(CCc3cc(-c4ccc5cccnc5c4Cl)ccc3O2)CC1. The van der Waals surface area contributed by atoms with Crippen LogP contribution in [0, 0.1) is 0 Å². The van der Waals surface area contributed by atoms with Crippen molar-refractivity contribution in [3.8, 4) is 16.9 Å². The lowest BCUT2D eigenvalue weighted by Gasteiger charge is -2.44. The number of amides is 1. The molecule has 5 rings (SSSR count). The van der Waals surface area contributed by atoms with Gasteiger partial charge in [-0.05, 0) is 42.2 Å². The fraction of sp³-hybridized carbons (Fsp3) is 0.346.